The normalized spacial score (nSPS) is 10.2. The van der Waals surface area contributed by atoms with Crippen LogP contribution in [0.4, 0.5) is 4.79 Å². The predicted octanol–water partition coefficient (Wildman–Crippen LogP) is 2.90. The molecule has 0 fully saturated rings. The van der Waals surface area contributed by atoms with Crippen molar-refractivity contribution in [2.24, 2.45) is 0 Å². The number of unbranched alkanes of at least 4 members (excludes halogenated alkanes) is 1. The summed E-state index contributed by atoms with van der Waals surface area (Å²) in [6.45, 7) is 3.64. The number of aryl methyl sites for hydroxylation is 1. The van der Waals surface area contributed by atoms with E-state index in [0.717, 1.165) is 23.4 Å². The fourth-order valence-corrected chi connectivity index (χ4v) is 2.83. The van der Waals surface area contributed by atoms with Crippen molar-refractivity contribution in [2.75, 3.05) is 13.2 Å². The maximum atomic E-state index is 12.1. The number of hydrogen-bond donors (Lipinski definition) is 2. The van der Waals surface area contributed by atoms with Crippen LogP contribution in [0.5, 0.6) is 0 Å². The first-order valence-corrected chi connectivity index (χ1v) is 9.15. The molecule has 0 unspecified atom stereocenters. The van der Waals surface area contributed by atoms with Crippen molar-refractivity contribution in [1.29, 1.82) is 0 Å². The number of pyridine rings is 1. The Hall–Kier alpha value is -2.74. The van der Waals surface area contributed by atoms with Crippen molar-refractivity contribution in [3.63, 3.8) is 0 Å². The van der Waals surface area contributed by atoms with Crippen molar-refractivity contribution in [3.8, 4) is 10.6 Å². The van der Waals surface area contributed by atoms with E-state index in [1.165, 1.54) is 0 Å². The van der Waals surface area contributed by atoms with Gasteiger partial charge in [-0.3, -0.25) is 15.1 Å². The number of carbonyl (C=O) groups is 3. The Morgan fingerprint density at radius 1 is 1.23 bits per heavy atom. The summed E-state index contributed by atoms with van der Waals surface area (Å²) in [6, 6.07) is 6.63. The van der Waals surface area contributed by atoms with E-state index in [1.54, 1.807) is 30.4 Å². The molecule has 0 saturated carbocycles. The molecule has 2 heterocycles. The zero-order chi connectivity index (χ0) is 18.9. The van der Waals surface area contributed by atoms with Crippen LogP contribution in [-0.4, -0.2) is 36.0 Å². The Balaban J connectivity index is 1.86. The molecule has 0 atom stereocenters. The Labute approximate surface area is 155 Å². The molecule has 3 amide bonds. The van der Waals surface area contributed by atoms with Crippen molar-refractivity contribution in [1.82, 2.24) is 15.6 Å². The zero-order valence-electron chi connectivity index (χ0n) is 14.7. The average molecular weight is 375 g/mol. The molecule has 0 aliphatic carbocycles. The minimum atomic E-state index is -0.687. The second-order valence-corrected chi connectivity index (χ2v) is 6.49. The summed E-state index contributed by atoms with van der Waals surface area (Å²) in [5, 5.41) is 6.60. The van der Waals surface area contributed by atoms with Crippen molar-refractivity contribution in [2.45, 2.75) is 26.7 Å². The smallest absolute Gasteiger partial charge is 0.340 e. The minimum Gasteiger partial charge on any atom is -0.452 e. The molecular formula is C18H21N3O4S. The molecule has 0 bridgehead atoms. The molecule has 2 aromatic heterocycles. The van der Waals surface area contributed by atoms with E-state index >= 15 is 0 Å². The van der Waals surface area contributed by atoms with Gasteiger partial charge in [0.2, 0.25) is 0 Å². The van der Waals surface area contributed by atoms with Gasteiger partial charge in [-0.1, -0.05) is 19.4 Å². The Morgan fingerprint density at radius 3 is 2.69 bits per heavy atom. The second-order valence-electron chi connectivity index (χ2n) is 5.54. The largest absolute Gasteiger partial charge is 0.452 e. The molecule has 0 aliphatic rings. The van der Waals surface area contributed by atoms with Crippen LogP contribution >= 0.6 is 11.3 Å². The van der Waals surface area contributed by atoms with Gasteiger partial charge in [0.25, 0.3) is 5.91 Å². The highest BCUT2D eigenvalue weighted by molar-refractivity contribution is 7.13. The highest BCUT2D eigenvalue weighted by Gasteiger charge is 2.15. The van der Waals surface area contributed by atoms with Gasteiger partial charge in [0.15, 0.2) is 6.61 Å². The van der Waals surface area contributed by atoms with E-state index in [1.807, 2.05) is 24.4 Å². The Bertz CT molecular complexity index is 775. The quantitative estimate of drug-likeness (QED) is 0.573. The third-order valence-electron chi connectivity index (χ3n) is 3.48. The van der Waals surface area contributed by atoms with Crippen LogP contribution < -0.4 is 10.6 Å². The third-order valence-corrected chi connectivity index (χ3v) is 4.37. The Morgan fingerprint density at radius 2 is 2.04 bits per heavy atom. The number of rotatable bonds is 7. The van der Waals surface area contributed by atoms with Crippen LogP contribution in [0.1, 0.15) is 35.8 Å². The molecule has 7 nitrogen and oxygen atoms in total. The number of thiophene rings is 1. The van der Waals surface area contributed by atoms with Crippen LogP contribution in [-0.2, 0) is 9.53 Å². The number of esters is 1. The van der Waals surface area contributed by atoms with Gasteiger partial charge in [0.1, 0.15) is 0 Å². The van der Waals surface area contributed by atoms with Gasteiger partial charge in [-0.25, -0.2) is 9.59 Å². The molecule has 2 rings (SSSR count). The van der Waals surface area contributed by atoms with Crippen LogP contribution in [0.25, 0.3) is 10.6 Å². The lowest BCUT2D eigenvalue weighted by atomic mass is 10.2. The van der Waals surface area contributed by atoms with Gasteiger partial charge in [-0.05, 0) is 36.9 Å². The van der Waals surface area contributed by atoms with Crippen molar-refractivity contribution < 1.29 is 19.1 Å². The van der Waals surface area contributed by atoms with E-state index in [4.69, 9.17) is 4.74 Å². The average Bonchev–Trinajstić information content (AvgIpc) is 3.14. The van der Waals surface area contributed by atoms with Crippen molar-refractivity contribution in [3.05, 3.63) is 40.9 Å². The highest BCUT2D eigenvalue weighted by Crippen LogP contribution is 2.23. The van der Waals surface area contributed by atoms with E-state index < -0.39 is 24.5 Å². The van der Waals surface area contributed by atoms with E-state index in [-0.39, 0.29) is 5.56 Å². The second kappa shape index (κ2) is 9.67. The molecule has 138 valence electrons. The number of nitrogens with one attached hydrogen (secondary N) is 2. The van der Waals surface area contributed by atoms with E-state index in [2.05, 4.69) is 15.6 Å². The number of imide groups is 1. The summed E-state index contributed by atoms with van der Waals surface area (Å²) in [5.74, 6) is -1.34. The van der Waals surface area contributed by atoms with Crippen LogP contribution in [0.3, 0.4) is 0 Å². The molecule has 0 aliphatic heterocycles. The van der Waals surface area contributed by atoms with Gasteiger partial charge in [0, 0.05) is 6.54 Å². The molecule has 2 N–H and O–H groups in total. The number of amides is 3. The van der Waals surface area contributed by atoms with Gasteiger partial charge in [-0.15, -0.1) is 11.3 Å². The van der Waals surface area contributed by atoms with Gasteiger partial charge in [0.05, 0.1) is 21.8 Å². The first-order valence-electron chi connectivity index (χ1n) is 8.27. The first kappa shape index (κ1) is 19.6. The number of carbonyl (C=O) groups excluding carboxylic acids is 3. The summed E-state index contributed by atoms with van der Waals surface area (Å²) in [5.41, 5.74) is 1.57. The first-order chi connectivity index (χ1) is 12.5. The SMILES string of the molecule is CCCCNC(=O)NC(=O)COC(=O)c1ccc(-c2cccs2)nc1C. The molecular weight excluding hydrogens is 354 g/mol. The van der Waals surface area contributed by atoms with Crippen LogP contribution in [0, 0.1) is 6.92 Å². The summed E-state index contributed by atoms with van der Waals surface area (Å²) >= 11 is 1.56. The number of hydrogen-bond acceptors (Lipinski definition) is 6. The van der Waals surface area contributed by atoms with Gasteiger partial charge < -0.3 is 10.1 Å². The molecule has 0 aromatic carbocycles. The lowest BCUT2D eigenvalue weighted by molar-refractivity contribution is -0.123. The molecule has 0 spiro atoms. The van der Waals surface area contributed by atoms with Crippen molar-refractivity contribution >= 4 is 29.2 Å². The van der Waals surface area contributed by atoms with Gasteiger partial charge in [-0.2, -0.15) is 0 Å². The summed E-state index contributed by atoms with van der Waals surface area (Å²) in [4.78, 5) is 40.6. The molecule has 0 radical (unpaired) electrons. The monoisotopic (exact) mass is 375 g/mol. The van der Waals surface area contributed by atoms with E-state index in [0.29, 0.717) is 12.2 Å². The van der Waals surface area contributed by atoms with Crippen LogP contribution in [0.15, 0.2) is 29.6 Å². The molecule has 0 saturated heterocycles. The molecule has 8 heteroatoms. The maximum absolute atomic E-state index is 12.1. The lowest BCUT2D eigenvalue weighted by Crippen LogP contribution is -2.41. The standard InChI is InChI=1S/C18H21N3O4S/c1-3-4-9-19-18(24)21-16(22)11-25-17(23)13-7-8-14(20-12(13)2)15-6-5-10-26-15/h5-8,10H,3-4,9,11H2,1-2H3,(H2,19,21,22,24). The minimum absolute atomic E-state index is 0.283. The summed E-state index contributed by atoms with van der Waals surface area (Å²) in [7, 11) is 0. The number of ether oxygens (including phenoxy) is 1. The Kier molecular flexibility index (Phi) is 7.28. The fourth-order valence-electron chi connectivity index (χ4n) is 2.13. The summed E-state index contributed by atoms with van der Waals surface area (Å²) < 4.78 is 4.96. The number of nitrogens with zero attached hydrogens (tertiary/aromatic N) is 1. The van der Waals surface area contributed by atoms with Crippen LogP contribution in [0.2, 0.25) is 0 Å². The number of urea groups is 1. The molecule has 26 heavy (non-hydrogen) atoms. The van der Waals surface area contributed by atoms with Gasteiger partial charge >= 0.3 is 12.0 Å². The fraction of sp³-hybridized carbons (Fsp3) is 0.333. The lowest BCUT2D eigenvalue weighted by Gasteiger charge is -2.09. The highest BCUT2D eigenvalue weighted by atomic mass is 32.1. The summed E-state index contributed by atoms with van der Waals surface area (Å²) in [6.07, 6.45) is 1.76. The van der Waals surface area contributed by atoms with E-state index in [9.17, 15) is 14.4 Å². The third kappa shape index (κ3) is 5.66. The topological polar surface area (TPSA) is 97.4 Å². The molecule has 2 aromatic rings. The zero-order valence-corrected chi connectivity index (χ0v) is 15.5. The predicted molar refractivity (Wildman–Crippen MR) is 99.0 cm³/mol. The maximum Gasteiger partial charge on any atom is 0.340 e. The number of aromatic nitrogens is 1.